The van der Waals surface area contributed by atoms with Gasteiger partial charge in [0.1, 0.15) is 11.6 Å². The normalized spacial score (nSPS) is 10.2. The van der Waals surface area contributed by atoms with E-state index in [-0.39, 0.29) is 5.97 Å². The lowest BCUT2D eigenvalue weighted by Gasteiger charge is -2.06. The number of hydrogen-bond donors (Lipinski definition) is 1. The van der Waals surface area contributed by atoms with E-state index >= 15 is 0 Å². The summed E-state index contributed by atoms with van der Waals surface area (Å²) in [5, 5.41) is 3.14. The lowest BCUT2D eigenvalue weighted by Crippen LogP contribution is -2.08. The first kappa shape index (κ1) is 13.1. The molecule has 100 valence electrons. The van der Waals surface area contributed by atoms with Crippen molar-refractivity contribution in [1.29, 1.82) is 0 Å². The Morgan fingerprint density at radius 3 is 2.84 bits per heavy atom. The Balaban J connectivity index is 1.95. The quantitative estimate of drug-likeness (QED) is 0.827. The highest BCUT2D eigenvalue weighted by molar-refractivity contribution is 5.89. The third-order valence-electron chi connectivity index (χ3n) is 2.62. The van der Waals surface area contributed by atoms with Gasteiger partial charge in [-0.2, -0.15) is 0 Å². The molecule has 19 heavy (non-hydrogen) atoms. The van der Waals surface area contributed by atoms with Crippen LogP contribution in [0, 0.1) is 0 Å². The van der Waals surface area contributed by atoms with E-state index in [1.807, 2.05) is 17.8 Å². The van der Waals surface area contributed by atoms with Crippen molar-refractivity contribution in [2.24, 2.45) is 7.05 Å². The summed E-state index contributed by atoms with van der Waals surface area (Å²) in [6.45, 7) is 2.71. The molecule has 2 aromatic heterocycles. The van der Waals surface area contributed by atoms with Crippen LogP contribution in [0.3, 0.4) is 0 Å². The number of imidazole rings is 1. The second-order valence-electron chi connectivity index (χ2n) is 3.96. The number of pyridine rings is 1. The number of aromatic nitrogens is 3. The zero-order valence-electron chi connectivity index (χ0n) is 11.0. The number of esters is 1. The molecule has 6 heteroatoms. The van der Waals surface area contributed by atoms with Gasteiger partial charge in [0.25, 0.3) is 0 Å². The number of hydrogen-bond acceptors (Lipinski definition) is 5. The average Bonchev–Trinajstić information content (AvgIpc) is 2.83. The number of nitrogens with one attached hydrogen (secondary N) is 1. The highest BCUT2D eigenvalue weighted by Gasteiger charge is 2.06. The molecule has 0 bridgehead atoms. The standard InChI is InChI=1S/C13H16N4O2/c1-3-19-13(18)10-4-5-11(15-8-10)16-9-12-14-6-7-17(12)2/h4-8H,3,9H2,1-2H3,(H,15,16). The van der Waals surface area contributed by atoms with Crippen molar-refractivity contribution in [3.05, 3.63) is 42.1 Å². The van der Waals surface area contributed by atoms with Crippen LogP contribution in [-0.4, -0.2) is 27.1 Å². The zero-order valence-corrected chi connectivity index (χ0v) is 11.0. The van der Waals surface area contributed by atoms with E-state index in [9.17, 15) is 4.79 Å². The highest BCUT2D eigenvalue weighted by Crippen LogP contribution is 2.07. The molecule has 0 unspecified atom stereocenters. The molecule has 0 atom stereocenters. The molecule has 1 N–H and O–H groups in total. The number of carbonyl (C=O) groups excluding carboxylic acids is 1. The number of carbonyl (C=O) groups is 1. The minimum Gasteiger partial charge on any atom is -0.462 e. The molecule has 2 aromatic rings. The van der Waals surface area contributed by atoms with Crippen LogP contribution in [0.25, 0.3) is 0 Å². The van der Waals surface area contributed by atoms with Crippen LogP contribution in [0.5, 0.6) is 0 Å². The summed E-state index contributed by atoms with van der Waals surface area (Å²) in [6, 6.07) is 3.43. The second kappa shape index (κ2) is 5.99. The Hall–Kier alpha value is -2.37. The molecule has 0 fully saturated rings. The van der Waals surface area contributed by atoms with Crippen LogP contribution in [0.1, 0.15) is 23.1 Å². The smallest absolute Gasteiger partial charge is 0.339 e. The molecule has 0 aliphatic heterocycles. The molecule has 0 aliphatic carbocycles. The number of nitrogens with zero attached hydrogens (tertiary/aromatic N) is 3. The van der Waals surface area contributed by atoms with E-state index < -0.39 is 0 Å². The average molecular weight is 260 g/mol. The maximum absolute atomic E-state index is 11.4. The summed E-state index contributed by atoms with van der Waals surface area (Å²) in [6.07, 6.45) is 5.13. The van der Waals surface area contributed by atoms with Crippen molar-refractivity contribution < 1.29 is 9.53 Å². The van der Waals surface area contributed by atoms with Crippen LogP contribution in [-0.2, 0) is 18.3 Å². The number of anilines is 1. The zero-order chi connectivity index (χ0) is 13.7. The maximum Gasteiger partial charge on any atom is 0.339 e. The van der Waals surface area contributed by atoms with Gasteiger partial charge in [0.2, 0.25) is 0 Å². The Morgan fingerprint density at radius 1 is 1.42 bits per heavy atom. The molecule has 2 heterocycles. The van der Waals surface area contributed by atoms with E-state index in [2.05, 4.69) is 15.3 Å². The highest BCUT2D eigenvalue weighted by atomic mass is 16.5. The van der Waals surface area contributed by atoms with Crippen LogP contribution in [0.2, 0.25) is 0 Å². The lowest BCUT2D eigenvalue weighted by molar-refractivity contribution is 0.0526. The second-order valence-corrected chi connectivity index (χ2v) is 3.96. The van der Waals surface area contributed by atoms with Crippen molar-refractivity contribution in [2.75, 3.05) is 11.9 Å². The number of aryl methyl sites for hydroxylation is 1. The first-order valence-electron chi connectivity index (χ1n) is 6.04. The molecule has 6 nitrogen and oxygen atoms in total. The van der Waals surface area contributed by atoms with E-state index in [0.29, 0.717) is 24.5 Å². The van der Waals surface area contributed by atoms with Crippen molar-refractivity contribution >= 4 is 11.8 Å². The maximum atomic E-state index is 11.4. The van der Waals surface area contributed by atoms with Gasteiger partial charge in [-0.05, 0) is 19.1 Å². The summed E-state index contributed by atoms with van der Waals surface area (Å²) in [4.78, 5) is 19.8. The van der Waals surface area contributed by atoms with Gasteiger partial charge in [-0.1, -0.05) is 0 Å². The molecule has 0 aromatic carbocycles. The van der Waals surface area contributed by atoms with Gasteiger partial charge in [-0.3, -0.25) is 0 Å². The molecule has 0 radical (unpaired) electrons. The molecule has 2 rings (SSSR count). The fraction of sp³-hybridized carbons (Fsp3) is 0.308. The molecule has 0 aliphatic rings. The van der Waals surface area contributed by atoms with Crippen LogP contribution < -0.4 is 5.32 Å². The van der Waals surface area contributed by atoms with E-state index in [4.69, 9.17) is 4.74 Å². The van der Waals surface area contributed by atoms with Gasteiger partial charge >= 0.3 is 5.97 Å². The van der Waals surface area contributed by atoms with E-state index in [1.165, 1.54) is 6.20 Å². The summed E-state index contributed by atoms with van der Waals surface area (Å²) < 4.78 is 6.82. The topological polar surface area (TPSA) is 69.0 Å². The van der Waals surface area contributed by atoms with Gasteiger partial charge in [0.05, 0.1) is 18.7 Å². The summed E-state index contributed by atoms with van der Waals surface area (Å²) >= 11 is 0. The van der Waals surface area contributed by atoms with Crippen LogP contribution in [0.4, 0.5) is 5.82 Å². The Morgan fingerprint density at radius 2 is 2.26 bits per heavy atom. The molecule has 0 saturated carbocycles. The summed E-state index contributed by atoms with van der Waals surface area (Å²) in [7, 11) is 1.93. The van der Waals surface area contributed by atoms with Gasteiger partial charge in [-0.25, -0.2) is 14.8 Å². The molecular formula is C13H16N4O2. The molecule has 0 saturated heterocycles. The predicted molar refractivity (Wildman–Crippen MR) is 70.7 cm³/mol. The third kappa shape index (κ3) is 3.31. The fourth-order valence-corrected chi connectivity index (χ4v) is 1.57. The first-order chi connectivity index (χ1) is 9.20. The van der Waals surface area contributed by atoms with Crippen molar-refractivity contribution in [1.82, 2.24) is 14.5 Å². The Labute approximate surface area is 111 Å². The number of ether oxygens (including phenoxy) is 1. The number of rotatable bonds is 5. The van der Waals surface area contributed by atoms with Crippen LogP contribution >= 0.6 is 0 Å². The molecule has 0 spiro atoms. The third-order valence-corrected chi connectivity index (χ3v) is 2.62. The van der Waals surface area contributed by atoms with Gasteiger partial charge in [0.15, 0.2) is 0 Å². The Kier molecular flexibility index (Phi) is 4.12. The first-order valence-corrected chi connectivity index (χ1v) is 6.04. The summed E-state index contributed by atoms with van der Waals surface area (Å²) in [5.74, 6) is 1.25. The summed E-state index contributed by atoms with van der Waals surface area (Å²) in [5.41, 5.74) is 0.449. The van der Waals surface area contributed by atoms with Crippen LogP contribution in [0.15, 0.2) is 30.7 Å². The fourth-order valence-electron chi connectivity index (χ4n) is 1.57. The monoisotopic (exact) mass is 260 g/mol. The molecular weight excluding hydrogens is 244 g/mol. The van der Waals surface area contributed by atoms with E-state index in [1.54, 1.807) is 25.3 Å². The minimum atomic E-state index is -0.356. The van der Waals surface area contributed by atoms with Gasteiger partial charge in [0, 0.05) is 25.6 Å². The van der Waals surface area contributed by atoms with Crippen molar-refractivity contribution in [2.45, 2.75) is 13.5 Å². The lowest BCUT2D eigenvalue weighted by atomic mass is 10.3. The van der Waals surface area contributed by atoms with E-state index in [0.717, 1.165) is 5.82 Å². The largest absolute Gasteiger partial charge is 0.462 e. The van der Waals surface area contributed by atoms with Crippen molar-refractivity contribution in [3.63, 3.8) is 0 Å². The Bertz CT molecular complexity index is 548. The predicted octanol–water partition coefficient (Wildman–Crippen LogP) is 1.60. The van der Waals surface area contributed by atoms with Gasteiger partial charge < -0.3 is 14.6 Å². The van der Waals surface area contributed by atoms with Crippen molar-refractivity contribution in [3.8, 4) is 0 Å². The minimum absolute atomic E-state index is 0.356. The molecule has 0 amide bonds. The SMILES string of the molecule is CCOC(=O)c1ccc(NCc2nccn2C)nc1. The van der Waals surface area contributed by atoms with Gasteiger partial charge in [-0.15, -0.1) is 0 Å².